The normalized spacial score (nSPS) is 16.7. The Bertz CT molecular complexity index is 365. The Hall–Kier alpha value is -1.00. The van der Waals surface area contributed by atoms with E-state index in [4.69, 9.17) is 16.3 Å². The quantitative estimate of drug-likeness (QED) is 0.838. The smallest absolute Gasteiger partial charge is 0.171 e. The van der Waals surface area contributed by atoms with Gasteiger partial charge in [0.1, 0.15) is 0 Å². The summed E-state index contributed by atoms with van der Waals surface area (Å²) in [4.78, 5) is 6.49. The number of pyridine rings is 1. The Labute approximate surface area is 107 Å². The second-order valence-electron chi connectivity index (χ2n) is 4.01. The van der Waals surface area contributed by atoms with E-state index in [1.165, 1.54) is 0 Å². The highest BCUT2D eigenvalue weighted by atomic mass is 35.5. The summed E-state index contributed by atoms with van der Waals surface area (Å²) in [6.07, 6.45) is 2.96. The van der Waals surface area contributed by atoms with Gasteiger partial charge in [0.05, 0.1) is 18.5 Å². The SMILES string of the molecule is CCOc1cc(N2CCCNCC2)cnc1Cl. The molecule has 1 saturated heterocycles. The molecule has 0 saturated carbocycles. The average molecular weight is 256 g/mol. The van der Waals surface area contributed by atoms with Gasteiger partial charge in [-0.05, 0) is 19.9 Å². The topological polar surface area (TPSA) is 37.4 Å². The summed E-state index contributed by atoms with van der Waals surface area (Å²) in [5.74, 6) is 0.670. The van der Waals surface area contributed by atoms with Crippen molar-refractivity contribution >= 4 is 17.3 Å². The number of hydrogen-bond acceptors (Lipinski definition) is 4. The highest BCUT2D eigenvalue weighted by Gasteiger charge is 2.12. The van der Waals surface area contributed by atoms with Gasteiger partial charge in [-0.2, -0.15) is 0 Å². The van der Waals surface area contributed by atoms with Crippen LogP contribution in [-0.2, 0) is 0 Å². The first-order chi connectivity index (χ1) is 8.31. The van der Waals surface area contributed by atoms with Crippen LogP contribution in [0.2, 0.25) is 5.15 Å². The van der Waals surface area contributed by atoms with Crippen LogP contribution in [0.3, 0.4) is 0 Å². The van der Waals surface area contributed by atoms with Crippen LogP contribution in [0.5, 0.6) is 5.75 Å². The first-order valence-electron chi connectivity index (χ1n) is 6.05. The molecule has 1 aromatic heterocycles. The zero-order valence-corrected chi connectivity index (χ0v) is 10.8. The molecule has 2 rings (SSSR count). The number of rotatable bonds is 3. The number of hydrogen-bond donors (Lipinski definition) is 1. The minimum atomic E-state index is 0.434. The fourth-order valence-corrected chi connectivity index (χ4v) is 2.11. The van der Waals surface area contributed by atoms with Crippen LogP contribution >= 0.6 is 11.6 Å². The van der Waals surface area contributed by atoms with Crippen molar-refractivity contribution in [2.24, 2.45) is 0 Å². The number of halogens is 1. The lowest BCUT2D eigenvalue weighted by Crippen LogP contribution is -2.27. The monoisotopic (exact) mass is 255 g/mol. The van der Waals surface area contributed by atoms with Crippen LogP contribution in [0, 0.1) is 0 Å². The summed E-state index contributed by atoms with van der Waals surface area (Å²) in [5.41, 5.74) is 1.08. The molecular formula is C12H18ClN3O. The highest BCUT2D eigenvalue weighted by Crippen LogP contribution is 2.27. The molecule has 1 aliphatic rings. The zero-order chi connectivity index (χ0) is 12.1. The van der Waals surface area contributed by atoms with Crippen molar-refractivity contribution in [2.45, 2.75) is 13.3 Å². The number of anilines is 1. The molecule has 5 heteroatoms. The van der Waals surface area contributed by atoms with E-state index in [9.17, 15) is 0 Å². The van der Waals surface area contributed by atoms with Crippen LogP contribution in [0.25, 0.3) is 0 Å². The van der Waals surface area contributed by atoms with Gasteiger partial charge in [-0.3, -0.25) is 0 Å². The molecule has 1 aliphatic heterocycles. The predicted molar refractivity (Wildman–Crippen MR) is 70.1 cm³/mol. The third-order valence-corrected chi connectivity index (χ3v) is 3.08. The standard InChI is InChI=1S/C12H18ClN3O/c1-2-17-11-8-10(9-15-12(11)13)16-6-3-4-14-5-7-16/h8-9,14H,2-7H2,1H3. The van der Waals surface area contributed by atoms with Gasteiger partial charge >= 0.3 is 0 Å². The Morgan fingerprint density at radius 2 is 2.35 bits per heavy atom. The molecule has 0 bridgehead atoms. The number of ether oxygens (including phenoxy) is 1. The molecule has 94 valence electrons. The van der Waals surface area contributed by atoms with E-state index in [0.717, 1.165) is 38.3 Å². The summed E-state index contributed by atoms with van der Waals surface area (Å²) in [6.45, 7) is 6.67. The van der Waals surface area contributed by atoms with E-state index in [2.05, 4.69) is 15.2 Å². The van der Waals surface area contributed by atoms with Crippen LogP contribution < -0.4 is 15.0 Å². The van der Waals surface area contributed by atoms with Crippen molar-refractivity contribution in [3.05, 3.63) is 17.4 Å². The van der Waals surface area contributed by atoms with E-state index >= 15 is 0 Å². The van der Waals surface area contributed by atoms with Gasteiger partial charge in [0.25, 0.3) is 0 Å². The van der Waals surface area contributed by atoms with Crippen molar-refractivity contribution in [1.82, 2.24) is 10.3 Å². The number of aromatic nitrogens is 1. The molecule has 0 spiro atoms. The maximum absolute atomic E-state index is 5.98. The Morgan fingerprint density at radius 3 is 3.18 bits per heavy atom. The van der Waals surface area contributed by atoms with Gasteiger partial charge in [-0.1, -0.05) is 11.6 Å². The fourth-order valence-electron chi connectivity index (χ4n) is 1.95. The molecule has 0 aliphatic carbocycles. The van der Waals surface area contributed by atoms with E-state index in [-0.39, 0.29) is 0 Å². The van der Waals surface area contributed by atoms with Crippen molar-refractivity contribution in [2.75, 3.05) is 37.7 Å². The summed E-state index contributed by atoms with van der Waals surface area (Å²) < 4.78 is 5.46. The second kappa shape index (κ2) is 6.07. The third-order valence-electron chi connectivity index (χ3n) is 2.80. The van der Waals surface area contributed by atoms with Crippen LogP contribution in [0.1, 0.15) is 13.3 Å². The molecule has 0 radical (unpaired) electrons. The fraction of sp³-hybridized carbons (Fsp3) is 0.583. The summed E-state index contributed by atoms with van der Waals surface area (Å²) in [7, 11) is 0. The number of nitrogens with zero attached hydrogens (tertiary/aromatic N) is 2. The lowest BCUT2D eigenvalue weighted by Gasteiger charge is -2.22. The molecule has 0 unspecified atom stereocenters. The largest absolute Gasteiger partial charge is 0.491 e. The number of nitrogens with one attached hydrogen (secondary N) is 1. The van der Waals surface area contributed by atoms with Gasteiger partial charge < -0.3 is 15.0 Å². The second-order valence-corrected chi connectivity index (χ2v) is 4.36. The van der Waals surface area contributed by atoms with Crippen molar-refractivity contribution in [1.29, 1.82) is 0 Å². The maximum atomic E-state index is 5.98. The van der Waals surface area contributed by atoms with Gasteiger partial charge in [0, 0.05) is 25.7 Å². The molecule has 0 amide bonds. The first-order valence-corrected chi connectivity index (χ1v) is 6.43. The lowest BCUT2D eigenvalue weighted by molar-refractivity contribution is 0.339. The molecule has 1 N–H and O–H groups in total. The molecule has 4 nitrogen and oxygen atoms in total. The zero-order valence-electron chi connectivity index (χ0n) is 10.1. The van der Waals surface area contributed by atoms with Crippen molar-refractivity contribution in [3.8, 4) is 5.75 Å². The first kappa shape index (κ1) is 12.5. The minimum Gasteiger partial charge on any atom is -0.491 e. The summed E-state index contributed by atoms with van der Waals surface area (Å²) in [5, 5.41) is 3.81. The minimum absolute atomic E-state index is 0.434. The van der Waals surface area contributed by atoms with Gasteiger partial charge in [-0.15, -0.1) is 0 Å². The summed E-state index contributed by atoms with van der Waals surface area (Å²) in [6, 6.07) is 1.98. The molecule has 1 fully saturated rings. The summed E-state index contributed by atoms with van der Waals surface area (Å²) >= 11 is 5.98. The molecule has 1 aromatic rings. The van der Waals surface area contributed by atoms with E-state index in [1.54, 1.807) is 0 Å². The van der Waals surface area contributed by atoms with E-state index < -0.39 is 0 Å². The van der Waals surface area contributed by atoms with Crippen LogP contribution in [0.4, 0.5) is 5.69 Å². The maximum Gasteiger partial charge on any atom is 0.171 e. The van der Waals surface area contributed by atoms with E-state index in [0.29, 0.717) is 17.5 Å². The molecular weight excluding hydrogens is 238 g/mol. The van der Waals surface area contributed by atoms with E-state index in [1.807, 2.05) is 19.2 Å². The highest BCUT2D eigenvalue weighted by molar-refractivity contribution is 6.30. The Balaban J connectivity index is 2.16. The van der Waals surface area contributed by atoms with Gasteiger partial charge in [0.15, 0.2) is 10.9 Å². The van der Waals surface area contributed by atoms with Crippen molar-refractivity contribution in [3.63, 3.8) is 0 Å². The molecule has 2 heterocycles. The Morgan fingerprint density at radius 1 is 1.47 bits per heavy atom. The van der Waals surface area contributed by atoms with Crippen LogP contribution in [0.15, 0.2) is 12.3 Å². The van der Waals surface area contributed by atoms with Gasteiger partial charge in [-0.25, -0.2) is 4.98 Å². The van der Waals surface area contributed by atoms with Crippen molar-refractivity contribution < 1.29 is 4.74 Å². The Kier molecular flexibility index (Phi) is 4.45. The molecule has 0 atom stereocenters. The molecule has 0 aromatic carbocycles. The average Bonchev–Trinajstić information content (AvgIpc) is 2.61. The predicted octanol–water partition coefficient (Wildman–Crippen LogP) is 1.93. The van der Waals surface area contributed by atoms with Crippen LogP contribution in [-0.4, -0.2) is 37.8 Å². The molecule has 17 heavy (non-hydrogen) atoms. The lowest BCUT2D eigenvalue weighted by atomic mass is 10.3. The van der Waals surface area contributed by atoms with Gasteiger partial charge in [0.2, 0.25) is 0 Å². The third kappa shape index (κ3) is 3.23.